The van der Waals surface area contributed by atoms with Gasteiger partial charge in [0, 0.05) is 0 Å². The van der Waals surface area contributed by atoms with Crippen molar-refractivity contribution < 1.29 is 14.4 Å². The molecule has 0 aromatic heterocycles. The van der Waals surface area contributed by atoms with Gasteiger partial charge in [0.05, 0.1) is 5.30 Å². The second-order valence-corrected chi connectivity index (χ2v) is 8.35. The molecule has 104 valence electrons. The normalized spacial score (nSPS) is 13.1. The molecule has 0 radical (unpaired) electrons. The zero-order valence-corrected chi connectivity index (χ0v) is 12.9. The maximum atomic E-state index is 11.6. The van der Waals surface area contributed by atoms with Gasteiger partial charge < -0.3 is 9.79 Å². The van der Waals surface area contributed by atoms with Crippen molar-refractivity contribution in [1.29, 1.82) is 0 Å². The number of benzene rings is 1. The summed E-state index contributed by atoms with van der Waals surface area (Å²) in [4.78, 5) is 18.9. The van der Waals surface area contributed by atoms with Crippen LogP contribution in [0.4, 0.5) is 0 Å². The molecule has 5 heteroatoms. The monoisotopic (exact) mass is 278 g/mol. The molecule has 0 spiro atoms. The molecule has 0 saturated heterocycles. The molecule has 0 saturated carbocycles. The van der Waals surface area contributed by atoms with Crippen molar-refractivity contribution in [2.45, 2.75) is 52.4 Å². The molecule has 0 aliphatic carbocycles. The molecule has 0 amide bonds. The standard InChI is InChI=1S/C14H23O3P.Li.H/c1-13(2,3)10-7-8-12(18(15,16)17)11(9-10)14(4,5)6;;/h7-9H,1-6H3,(H2,15,16,17);;. The van der Waals surface area contributed by atoms with Crippen LogP contribution in [-0.4, -0.2) is 28.6 Å². The van der Waals surface area contributed by atoms with Gasteiger partial charge in [0.2, 0.25) is 0 Å². The average Bonchev–Trinajstić information content (AvgIpc) is 2.12. The first-order valence-corrected chi connectivity index (χ1v) is 7.66. The summed E-state index contributed by atoms with van der Waals surface area (Å²) in [5, 5.41) is 0.142. The van der Waals surface area contributed by atoms with E-state index in [-0.39, 0.29) is 35.0 Å². The van der Waals surface area contributed by atoms with Crippen LogP contribution in [0.25, 0.3) is 0 Å². The molecule has 3 nitrogen and oxygen atoms in total. The number of hydrogen-bond donors (Lipinski definition) is 2. The van der Waals surface area contributed by atoms with E-state index in [0.717, 1.165) is 11.1 Å². The first-order chi connectivity index (χ1) is 7.83. The van der Waals surface area contributed by atoms with Gasteiger partial charge in [0.15, 0.2) is 0 Å². The molecule has 0 aliphatic rings. The fourth-order valence-corrected chi connectivity index (χ4v) is 2.84. The van der Waals surface area contributed by atoms with Crippen LogP contribution in [0.5, 0.6) is 0 Å². The zero-order chi connectivity index (χ0) is 14.4. The van der Waals surface area contributed by atoms with Gasteiger partial charge in [-0.05, 0) is 28.0 Å². The van der Waals surface area contributed by atoms with E-state index in [0.29, 0.717) is 0 Å². The van der Waals surface area contributed by atoms with Crippen molar-refractivity contribution in [2.24, 2.45) is 0 Å². The van der Waals surface area contributed by atoms with E-state index in [2.05, 4.69) is 20.8 Å². The summed E-state index contributed by atoms with van der Waals surface area (Å²) in [6.45, 7) is 12.2. The van der Waals surface area contributed by atoms with Crippen LogP contribution in [0.15, 0.2) is 18.2 Å². The second kappa shape index (κ2) is 5.76. The average molecular weight is 278 g/mol. The third kappa shape index (κ3) is 4.78. The molecule has 2 N–H and O–H groups in total. The molecular formula is C14H24LiO3P. The molecule has 0 unspecified atom stereocenters. The molecule has 19 heavy (non-hydrogen) atoms. The van der Waals surface area contributed by atoms with Gasteiger partial charge in [-0.25, -0.2) is 0 Å². The predicted octanol–water partition coefficient (Wildman–Crippen LogP) is 2.44. The van der Waals surface area contributed by atoms with E-state index in [4.69, 9.17) is 0 Å². The van der Waals surface area contributed by atoms with Crippen LogP contribution in [-0.2, 0) is 15.4 Å². The van der Waals surface area contributed by atoms with E-state index < -0.39 is 7.60 Å². The Hall–Kier alpha value is -0.0326. The summed E-state index contributed by atoms with van der Waals surface area (Å²) in [6, 6.07) is 5.31. The van der Waals surface area contributed by atoms with Gasteiger partial charge in [-0.2, -0.15) is 0 Å². The van der Waals surface area contributed by atoms with Crippen LogP contribution in [0.3, 0.4) is 0 Å². The van der Waals surface area contributed by atoms with E-state index in [1.54, 1.807) is 6.07 Å². The third-order valence-corrected chi connectivity index (χ3v) is 4.00. The van der Waals surface area contributed by atoms with E-state index in [9.17, 15) is 14.4 Å². The van der Waals surface area contributed by atoms with Gasteiger partial charge in [-0.3, -0.25) is 4.57 Å². The summed E-state index contributed by atoms with van der Waals surface area (Å²) in [5.74, 6) is 0. The maximum absolute atomic E-state index is 11.6. The topological polar surface area (TPSA) is 57.5 Å². The van der Waals surface area contributed by atoms with Crippen molar-refractivity contribution >= 4 is 31.8 Å². The fourth-order valence-electron chi connectivity index (χ4n) is 1.86. The molecule has 1 aromatic carbocycles. The SMILES string of the molecule is CC(C)(C)c1ccc(P(=O)(O)O)c(C(C)(C)C)c1.[LiH]. The van der Waals surface area contributed by atoms with Gasteiger partial charge >= 0.3 is 26.5 Å². The molecular weight excluding hydrogens is 254 g/mol. The quantitative estimate of drug-likeness (QED) is 0.612. The Morgan fingerprint density at radius 2 is 1.42 bits per heavy atom. The summed E-state index contributed by atoms with van der Waals surface area (Å²) in [5.41, 5.74) is 1.48. The Labute approximate surface area is 128 Å². The number of rotatable bonds is 1. The van der Waals surface area contributed by atoms with Crippen molar-refractivity contribution in [3.05, 3.63) is 29.3 Å². The molecule has 1 rings (SSSR count). The first kappa shape index (κ1) is 19.0. The third-order valence-electron chi connectivity index (χ3n) is 2.98. The Kier molecular flexibility index (Phi) is 5.75. The fraction of sp³-hybridized carbons (Fsp3) is 0.571. The molecule has 0 fully saturated rings. The summed E-state index contributed by atoms with van der Waals surface area (Å²) < 4.78 is 11.6. The van der Waals surface area contributed by atoms with Crippen LogP contribution >= 0.6 is 7.60 Å². The van der Waals surface area contributed by atoms with Crippen LogP contribution in [0, 0.1) is 0 Å². The van der Waals surface area contributed by atoms with Gasteiger partial charge in [-0.15, -0.1) is 0 Å². The van der Waals surface area contributed by atoms with Gasteiger partial charge in [0.25, 0.3) is 0 Å². The summed E-state index contributed by atoms with van der Waals surface area (Å²) in [7, 11) is -4.22. The van der Waals surface area contributed by atoms with Gasteiger partial charge in [-0.1, -0.05) is 53.7 Å². The zero-order valence-electron chi connectivity index (χ0n) is 12.0. The molecule has 0 bridgehead atoms. The van der Waals surface area contributed by atoms with Crippen LogP contribution in [0.1, 0.15) is 52.7 Å². The predicted molar refractivity (Wildman–Crippen MR) is 82.7 cm³/mol. The Bertz CT molecular complexity index is 492. The Balaban J connectivity index is 0.00000324. The molecule has 1 aromatic rings. The summed E-state index contributed by atoms with van der Waals surface area (Å²) in [6.07, 6.45) is 0. The Morgan fingerprint density at radius 1 is 0.947 bits per heavy atom. The Morgan fingerprint density at radius 3 is 1.74 bits per heavy atom. The van der Waals surface area contributed by atoms with Crippen LogP contribution < -0.4 is 5.30 Å². The molecule has 0 heterocycles. The first-order valence-electron chi connectivity index (χ1n) is 6.04. The van der Waals surface area contributed by atoms with Crippen LogP contribution in [0.2, 0.25) is 0 Å². The molecule has 0 aliphatic heterocycles. The van der Waals surface area contributed by atoms with E-state index in [1.165, 1.54) is 0 Å². The van der Waals surface area contributed by atoms with Gasteiger partial charge in [0.1, 0.15) is 0 Å². The second-order valence-electron chi connectivity index (χ2n) is 6.78. The summed E-state index contributed by atoms with van der Waals surface area (Å²) >= 11 is 0. The number of hydrogen-bond acceptors (Lipinski definition) is 1. The van der Waals surface area contributed by atoms with Crippen molar-refractivity contribution in [2.75, 3.05) is 0 Å². The minimum absolute atomic E-state index is 0. The van der Waals surface area contributed by atoms with E-state index in [1.807, 2.05) is 32.9 Å². The van der Waals surface area contributed by atoms with E-state index >= 15 is 0 Å². The minimum atomic E-state index is -4.22. The van der Waals surface area contributed by atoms with Crippen molar-refractivity contribution in [3.63, 3.8) is 0 Å². The van der Waals surface area contributed by atoms with Crippen molar-refractivity contribution in [3.8, 4) is 0 Å². The molecule has 0 atom stereocenters. The van der Waals surface area contributed by atoms with Crippen molar-refractivity contribution in [1.82, 2.24) is 0 Å².